The minimum Gasteiger partial charge on any atom is -0.496 e. The number of carbonyl (C=O) groups excluding carboxylic acids is 2. The largest absolute Gasteiger partial charge is 0.496 e. The van der Waals surface area contributed by atoms with Gasteiger partial charge < -0.3 is 35.2 Å². The number of rotatable bonds is 8. The van der Waals surface area contributed by atoms with Gasteiger partial charge in [0.15, 0.2) is 0 Å². The number of benzene rings is 2. The lowest BCUT2D eigenvalue weighted by atomic mass is 9.65. The van der Waals surface area contributed by atoms with E-state index in [1.807, 2.05) is 37.8 Å². The van der Waals surface area contributed by atoms with Crippen LogP contribution in [0.2, 0.25) is 0 Å². The molecule has 1 aliphatic carbocycles. The number of hydrogen-bond donors (Lipinski definition) is 2. The Kier molecular flexibility index (Phi) is 12.8. The van der Waals surface area contributed by atoms with Crippen LogP contribution in [0.15, 0.2) is 30.3 Å². The SMILES string of the molecule is COc1cc2nc(C)nc(N[C@H](C)c3cc(N)cc(C(F)(F)F)c3)c2cc1C1CCN(C(=O)C2CCN(CC3CCC4(CC3)CCN(C(=O)OC(C)(C)C)CC4)CC2)CC1. The fourth-order valence-corrected chi connectivity index (χ4v) is 10.1. The van der Waals surface area contributed by atoms with E-state index >= 15 is 0 Å². The van der Waals surface area contributed by atoms with Gasteiger partial charge in [0.05, 0.1) is 24.2 Å². The number of carbonyl (C=O) groups is 2. The minimum absolute atomic E-state index is 0.0415. The van der Waals surface area contributed by atoms with E-state index in [0.29, 0.717) is 47.1 Å². The van der Waals surface area contributed by atoms with Crippen molar-refractivity contribution in [3.05, 3.63) is 52.8 Å². The second-order valence-electron chi connectivity index (χ2n) is 19.1. The first kappa shape index (κ1) is 43.7. The highest BCUT2D eigenvalue weighted by atomic mass is 19.4. The molecule has 7 rings (SSSR count). The number of nitrogens with two attached hydrogens (primary N) is 1. The molecule has 328 valence electrons. The molecule has 0 unspecified atom stereocenters. The summed E-state index contributed by atoms with van der Waals surface area (Å²) >= 11 is 0. The average Bonchev–Trinajstić information content (AvgIpc) is 3.20. The van der Waals surface area contributed by atoms with Crippen molar-refractivity contribution >= 4 is 34.4 Å². The fourth-order valence-electron chi connectivity index (χ4n) is 10.1. The summed E-state index contributed by atoms with van der Waals surface area (Å²) in [7, 11) is 1.65. The summed E-state index contributed by atoms with van der Waals surface area (Å²) in [4.78, 5) is 42.3. The molecular formula is C46H64F3N7O4. The van der Waals surface area contributed by atoms with Crippen molar-refractivity contribution in [2.24, 2.45) is 17.3 Å². The molecule has 3 N–H and O–H groups in total. The van der Waals surface area contributed by atoms with Gasteiger partial charge in [-0.05, 0) is 165 Å². The molecule has 4 fully saturated rings. The molecule has 4 heterocycles. The normalized spacial score (nSPS) is 20.7. The van der Waals surface area contributed by atoms with Gasteiger partial charge in [0.25, 0.3) is 0 Å². The van der Waals surface area contributed by atoms with E-state index in [-0.39, 0.29) is 29.5 Å². The molecule has 1 aromatic heterocycles. The van der Waals surface area contributed by atoms with Crippen LogP contribution in [0.4, 0.5) is 29.5 Å². The number of anilines is 2. The van der Waals surface area contributed by atoms with Crippen LogP contribution < -0.4 is 15.8 Å². The number of likely N-dealkylation sites (tertiary alicyclic amines) is 3. The molecule has 60 heavy (non-hydrogen) atoms. The molecular weight excluding hydrogens is 772 g/mol. The van der Waals surface area contributed by atoms with Gasteiger partial charge in [0.2, 0.25) is 5.91 Å². The Morgan fingerprint density at radius 1 is 0.883 bits per heavy atom. The van der Waals surface area contributed by atoms with Crippen molar-refractivity contribution in [2.45, 2.75) is 123 Å². The number of fused-ring (bicyclic) bond motifs is 1. The standard InChI is InChI=1S/C46H64F3N7O4/c1-29(34-23-35(46(47,48)49)25-36(50)24-34)51-41-38-26-37(40(59-6)27-39(38)52-30(2)53-41)32-11-19-55(20-12-32)42(57)33-9-17-54(18-10-33)28-31-7-13-45(14-8-31)15-21-56(22-16-45)43(58)60-44(3,4)5/h23-27,29,31-33H,7-22,28,50H2,1-6H3,(H,51,52,53)/t29-/m1/s1. The molecule has 3 aromatic rings. The monoisotopic (exact) mass is 835 g/mol. The number of amides is 2. The van der Waals surface area contributed by atoms with Gasteiger partial charge in [-0.2, -0.15) is 13.2 Å². The summed E-state index contributed by atoms with van der Waals surface area (Å²) in [6.07, 6.45) is 5.77. The summed E-state index contributed by atoms with van der Waals surface area (Å²) in [6, 6.07) is 7.03. The summed E-state index contributed by atoms with van der Waals surface area (Å²) in [5.74, 6) is 2.94. The number of nitrogens with one attached hydrogen (secondary N) is 1. The van der Waals surface area contributed by atoms with E-state index in [0.717, 1.165) is 100 Å². The Bertz CT molecular complexity index is 2000. The maximum atomic E-state index is 13.8. The maximum absolute atomic E-state index is 13.8. The summed E-state index contributed by atoms with van der Waals surface area (Å²) in [5, 5.41) is 4.09. The van der Waals surface area contributed by atoms with Crippen LogP contribution in [0, 0.1) is 24.2 Å². The molecule has 1 atom stereocenters. The Labute approximate surface area is 352 Å². The zero-order chi connectivity index (χ0) is 43.0. The zero-order valence-electron chi connectivity index (χ0n) is 36.3. The third-order valence-corrected chi connectivity index (χ3v) is 13.7. The molecule has 2 aromatic carbocycles. The van der Waals surface area contributed by atoms with Crippen molar-refractivity contribution < 1.29 is 32.2 Å². The smallest absolute Gasteiger partial charge is 0.416 e. The number of piperidine rings is 3. The first-order valence-electron chi connectivity index (χ1n) is 22.0. The summed E-state index contributed by atoms with van der Waals surface area (Å²) in [6.45, 7) is 15.3. The highest BCUT2D eigenvalue weighted by Gasteiger charge is 2.41. The van der Waals surface area contributed by atoms with Gasteiger partial charge in [-0.15, -0.1) is 0 Å². The van der Waals surface area contributed by atoms with E-state index < -0.39 is 23.4 Å². The predicted octanol–water partition coefficient (Wildman–Crippen LogP) is 9.35. The number of methoxy groups -OCH3 is 1. The molecule has 11 nitrogen and oxygen atoms in total. The molecule has 3 aliphatic heterocycles. The molecule has 4 aliphatic rings. The quantitative estimate of drug-likeness (QED) is 0.214. The van der Waals surface area contributed by atoms with Gasteiger partial charge in [-0.25, -0.2) is 14.8 Å². The fraction of sp³-hybridized carbons (Fsp3) is 0.652. The van der Waals surface area contributed by atoms with Crippen molar-refractivity contribution in [3.8, 4) is 5.75 Å². The number of nitrogen functional groups attached to an aromatic ring is 1. The highest BCUT2D eigenvalue weighted by Crippen LogP contribution is 2.47. The van der Waals surface area contributed by atoms with Crippen LogP contribution in [0.5, 0.6) is 5.75 Å². The molecule has 14 heteroatoms. The topological polar surface area (TPSA) is 126 Å². The lowest BCUT2D eigenvalue weighted by Gasteiger charge is -2.46. The first-order valence-corrected chi connectivity index (χ1v) is 22.0. The molecule has 3 saturated heterocycles. The van der Waals surface area contributed by atoms with Gasteiger partial charge in [-0.3, -0.25) is 4.79 Å². The van der Waals surface area contributed by atoms with Crippen molar-refractivity contribution in [2.75, 3.05) is 64.0 Å². The molecule has 1 spiro atoms. The number of hydrogen-bond acceptors (Lipinski definition) is 9. The van der Waals surface area contributed by atoms with Gasteiger partial charge in [0.1, 0.15) is 23.0 Å². The molecule has 2 amide bonds. The predicted molar refractivity (Wildman–Crippen MR) is 228 cm³/mol. The van der Waals surface area contributed by atoms with Crippen LogP contribution in [0.1, 0.15) is 126 Å². The van der Waals surface area contributed by atoms with Crippen LogP contribution in [-0.2, 0) is 15.7 Å². The minimum atomic E-state index is -4.52. The van der Waals surface area contributed by atoms with Crippen molar-refractivity contribution in [3.63, 3.8) is 0 Å². The van der Waals surface area contributed by atoms with Crippen LogP contribution in [0.25, 0.3) is 10.9 Å². The second kappa shape index (κ2) is 17.6. The number of ether oxygens (including phenoxy) is 2. The van der Waals surface area contributed by atoms with E-state index in [4.69, 9.17) is 15.2 Å². The van der Waals surface area contributed by atoms with E-state index in [9.17, 15) is 22.8 Å². The third-order valence-electron chi connectivity index (χ3n) is 13.7. The number of aryl methyl sites for hydroxylation is 1. The van der Waals surface area contributed by atoms with Gasteiger partial charge in [0, 0.05) is 55.8 Å². The lowest BCUT2D eigenvalue weighted by molar-refractivity contribution is -0.138. The Morgan fingerprint density at radius 3 is 2.17 bits per heavy atom. The number of alkyl halides is 3. The van der Waals surface area contributed by atoms with Crippen LogP contribution in [-0.4, -0.2) is 95.2 Å². The Morgan fingerprint density at radius 2 is 1.55 bits per heavy atom. The van der Waals surface area contributed by atoms with E-state index in [1.54, 1.807) is 27.0 Å². The molecule has 0 bridgehead atoms. The first-order chi connectivity index (χ1) is 28.4. The van der Waals surface area contributed by atoms with Crippen molar-refractivity contribution in [1.29, 1.82) is 0 Å². The average molecular weight is 836 g/mol. The number of halogens is 3. The molecule has 1 saturated carbocycles. The number of nitrogens with zero attached hydrogens (tertiary/aromatic N) is 5. The molecule has 0 radical (unpaired) electrons. The van der Waals surface area contributed by atoms with Gasteiger partial charge in [-0.1, -0.05) is 0 Å². The van der Waals surface area contributed by atoms with Crippen molar-refractivity contribution in [1.82, 2.24) is 24.7 Å². The van der Waals surface area contributed by atoms with E-state index in [2.05, 4.69) is 25.1 Å². The highest BCUT2D eigenvalue weighted by molar-refractivity contribution is 5.91. The Hall–Kier alpha value is -4.33. The number of aromatic nitrogens is 2. The van der Waals surface area contributed by atoms with E-state index in [1.165, 1.54) is 25.7 Å². The van der Waals surface area contributed by atoms with Crippen LogP contribution in [0.3, 0.4) is 0 Å². The summed E-state index contributed by atoms with van der Waals surface area (Å²) in [5.41, 5.74) is 7.10. The maximum Gasteiger partial charge on any atom is 0.416 e. The van der Waals surface area contributed by atoms with Gasteiger partial charge >= 0.3 is 12.3 Å². The second-order valence-corrected chi connectivity index (χ2v) is 19.1. The lowest BCUT2D eigenvalue weighted by Crippen LogP contribution is -2.47. The Balaban J connectivity index is 0.903. The van der Waals surface area contributed by atoms with Crippen LogP contribution >= 0.6 is 0 Å². The third kappa shape index (κ3) is 10.2. The summed E-state index contributed by atoms with van der Waals surface area (Å²) < 4.78 is 52.3. The zero-order valence-corrected chi connectivity index (χ0v) is 36.3.